The first-order valence-corrected chi connectivity index (χ1v) is 7.80. The molecule has 0 aromatic carbocycles. The van der Waals surface area contributed by atoms with Gasteiger partial charge < -0.3 is 4.52 Å². The van der Waals surface area contributed by atoms with E-state index in [0.717, 1.165) is 16.2 Å². The summed E-state index contributed by atoms with van der Waals surface area (Å²) in [6, 6.07) is -0.604. The monoisotopic (exact) mass is 337 g/mol. The fraction of sp³-hybridized carbons (Fsp3) is 0.235. The number of hydrogen-bond acceptors (Lipinski definition) is 5. The Hall–Kier alpha value is -3.29. The molecule has 0 fully saturated rings. The molecule has 8 heteroatoms. The molecule has 1 aliphatic heterocycles. The predicted octanol–water partition coefficient (Wildman–Crippen LogP) is 2.19. The second-order valence-electron chi connectivity index (χ2n) is 5.91. The fourth-order valence-electron chi connectivity index (χ4n) is 2.92. The third-order valence-corrected chi connectivity index (χ3v) is 4.28. The van der Waals surface area contributed by atoms with E-state index in [0.29, 0.717) is 23.7 Å². The van der Waals surface area contributed by atoms with Crippen LogP contribution in [0.3, 0.4) is 0 Å². The number of carbonyl (C=O) groups excluding carboxylic acids is 2. The minimum atomic E-state index is -0.604. The van der Waals surface area contributed by atoms with Gasteiger partial charge in [0.15, 0.2) is 0 Å². The van der Waals surface area contributed by atoms with Crippen molar-refractivity contribution in [2.24, 2.45) is 10.9 Å². The van der Waals surface area contributed by atoms with Crippen molar-refractivity contribution < 1.29 is 14.1 Å². The van der Waals surface area contributed by atoms with Crippen LogP contribution in [0.15, 0.2) is 46.2 Å². The lowest BCUT2D eigenvalue weighted by atomic mass is 9.95. The molecule has 0 N–H and O–H groups in total. The van der Waals surface area contributed by atoms with Crippen molar-refractivity contribution in [1.82, 2.24) is 14.9 Å². The van der Waals surface area contributed by atoms with Gasteiger partial charge in [-0.1, -0.05) is 23.4 Å². The summed E-state index contributed by atoms with van der Waals surface area (Å²) in [5, 5.41) is 8.15. The van der Waals surface area contributed by atoms with Crippen molar-refractivity contribution in [2.75, 3.05) is 4.90 Å². The molecule has 0 radical (unpaired) electrons. The molecule has 4 rings (SSSR count). The minimum absolute atomic E-state index is 0.326. The highest BCUT2D eigenvalue weighted by atomic mass is 16.5. The number of aliphatic imine (C=N–C) groups is 1. The number of rotatable bonds is 3. The topological polar surface area (TPSA) is 93.6 Å². The lowest BCUT2D eigenvalue weighted by Gasteiger charge is -2.27. The molecule has 3 amide bonds. The van der Waals surface area contributed by atoms with E-state index in [1.54, 1.807) is 35.2 Å². The van der Waals surface area contributed by atoms with Crippen LogP contribution in [0.1, 0.15) is 17.0 Å². The van der Waals surface area contributed by atoms with Gasteiger partial charge in [0.05, 0.1) is 35.8 Å². The summed E-state index contributed by atoms with van der Waals surface area (Å²) in [5.74, 6) is -0.144. The van der Waals surface area contributed by atoms with Gasteiger partial charge in [0, 0.05) is 11.8 Å². The molecule has 1 aliphatic carbocycles. The smallest absolute Gasteiger partial charge is 0.355 e. The highest BCUT2D eigenvalue weighted by molar-refractivity contribution is 6.30. The van der Waals surface area contributed by atoms with Gasteiger partial charge >= 0.3 is 6.03 Å². The third-order valence-electron chi connectivity index (χ3n) is 4.28. The van der Waals surface area contributed by atoms with E-state index in [1.807, 2.05) is 13.8 Å². The van der Waals surface area contributed by atoms with Crippen LogP contribution in [0.5, 0.6) is 0 Å². The van der Waals surface area contributed by atoms with Crippen LogP contribution in [0, 0.1) is 19.8 Å². The highest BCUT2D eigenvalue weighted by Gasteiger charge is 2.37. The molecule has 0 spiro atoms. The second kappa shape index (κ2) is 5.66. The summed E-state index contributed by atoms with van der Waals surface area (Å²) in [5.41, 5.74) is 2.57. The molecule has 3 heterocycles. The maximum absolute atomic E-state index is 12.7. The van der Waals surface area contributed by atoms with Crippen molar-refractivity contribution >= 4 is 23.3 Å². The maximum atomic E-state index is 12.7. The zero-order valence-electron chi connectivity index (χ0n) is 13.7. The number of hydrogen-bond donors (Lipinski definition) is 0. The number of amides is 3. The molecule has 1 unspecified atom stereocenters. The number of imide groups is 1. The van der Waals surface area contributed by atoms with Crippen molar-refractivity contribution in [1.29, 1.82) is 0 Å². The fourth-order valence-corrected chi connectivity index (χ4v) is 2.92. The molecule has 0 saturated heterocycles. The van der Waals surface area contributed by atoms with Crippen LogP contribution in [-0.2, 0) is 11.3 Å². The van der Waals surface area contributed by atoms with Gasteiger partial charge in [-0.15, -0.1) is 0 Å². The number of carbonyl (C=O) groups is 2. The number of anilines is 1. The van der Waals surface area contributed by atoms with Crippen molar-refractivity contribution in [3.8, 4) is 0 Å². The lowest BCUT2D eigenvalue weighted by molar-refractivity contribution is -0.118. The first-order valence-electron chi connectivity index (χ1n) is 7.80. The molecule has 1 atom stereocenters. The Morgan fingerprint density at radius 2 is 2.08 bits per heavy atom. The average Bonchev–Trinajstić information content (AvgIpc) is 3.17. The number of urea groups is 1. The van der Waals surface area contributed by atoms with Crippen LogP contribution in [-0.4, -0.2) is 32.6 Å². The first kappa shape index (κ1) is 15.3. The first-order chi connectivity index (χ1) is 12.0. The summed E-state index contributed by atoms with van der Waals surface area (Å²) >= 11 is 0. The van der Waals surface area contributed by atoms with Gasteiger partial charge in [-0.25, -0.2) is 9.69 Å². The molecule has 2 aliphatic rings. The maximum Gasteiger partial charge on any atom is 0.355 e. The Labute approximate surface area is 143 Å². The summed E-state index contributed by atoms with van der Waals surface area (Å²) in [6.07, 6.45) is 10.1. The van der Waals surface area contributed by atoms with Gasteiger partial charge in [0.1, 0.15) is 5.76 Å². The van der Waals surface area contributed by atoms with Crippen molar-refractivity contribution in [3.63, 3.8) is 0 Å². The minimum Gasteiger partial charge on any atom is -0.361 e. The van der Waals surface area contributed by atoms with Gasteiger partial charge in [-0.3, -0.25) is 9.48 Å². The molecule has 2 aromatic rings. The van der Waals surface area contributed by atoms with E-state index in [-0.39, 0.29) is 5.91 Å². The average molecular weight is 337 g/mol. The molecular weight excluding hydrogens is 322 g/mol. The standard InChI is InChI=1S/C17H15N5O3/c1-10-14(11(2)25-20-10)9-21-8-12(7-18-21)22-16(23)13-5-3-4-6-15(13)19-17(22)24/h3-8,13H,9H2,1-2H3. The largest absolute Gasteiger partial charge is 0.361 e. The Kier molecular flexibility index (Phi) is 3.45. The van der Waals surface area contributed by atoms with Crippen LogP contribution < -0.4 is 4.90 Å². The zero-order chi connectivity index (χ0) is 17.6. The summed E-state index contributed by atoms with van der Waals surface area (Å²) in [7, 11) is 0. The summed E-state index contributed by atoms with van der Waals surface area (Å²) < 4.78 is 6.78. The predicted molar refractivity (Wildman–Crippen MR) is 89.4 cm³/mol. The van der Waals surface area contributed by atoms with Crippen LogP contribution >= 0.6 is 0 Å². The van der Waals surface area contributed by atoms with E-state index < -0.39 is 11.9 Å². The van der Waals surface area contributed by atoms with Gasteiger partial charge in [0.25, 0.3) is 0 Å². The number of nitrogens with zero attached hydrogens (tertiary/aromatic N) is 5. The van der Waals surface area contributed by atoms with Crippen LogP contribution in [0.2, 0.25) is 0 Å². The van der Waals surface area contributed by atoms with Crippen LogP contribution in [0.4, 0.5) is 10.5 Å². The highest BCUT2D eigenvalue weighted by Crippen LogP contribution is 2.25. The van der Waals surface area contributed by atoms with E-state index in [2.05, 4.69) is 15.2 Å². The Bertz CT molecular complexity index is 943. The number of aromatic nitrogens is 3. The van der Waals surface area contributed by atoms with E-state index in [1.165, 1.54) is 6.20 Å². The second-order valence-corrected chi connectivity index (χ2v) is 5.91. The molecule has 0 saturated carbocycles. The van der Waals surface area contributed by atoms with Crippen LogP contribution in [0.25, 0.3) is 0 Å². The zero-order valence-corrected chi connectivity index (χ0v) is 13.7. The summed E-state index contributed by atoms with van der Waals surface area (Å²) in [6.45, 7) is 4.13. The number of aryl methyl sites for hydroxylation is 2. The number of fused-ring (bicyclic) bond motifs is 1. The molecule has 25 heavy (non-hydrogen) atoms. The van der Waals surface area contributed by atoms with Crippen molar-refractivity contribution in [3.05, 3.63) is 53.7 Å². The Morgan fingerprint density at radius 1 is 1.24 bits per heavy atom. The molecule has 8 nitrogen and oxygen atoms in total. The van der Waals surface area contributed by atoms with Gasteiger partial charge in [-0.2, -0.15) is 10.1 Å². The quantitative estimate of drug-likeness (QED) is 0.856. The van der Waals surface area contributed by atoms with Gasteiger partial charge in [-0.05, 0) is 19.9 Å². The van der Waals surface area contributed by atoms with E-state index >= 15 is 0 Å². The van der Waals surface area contributed by atoms with Crippen molar-refractivity contribution in [2.45, 2.75) is 20.4 Å². The third kappa shape index (κ3) is 2.51. The van der Waals surface area contributed by atoms with Gasteiger partial charge in [0.2, 0.25) is 5.91 Å². The normalized spacial score (nSPS) is 19.4. The van der Waals surface area contributed by atoms with E-state index in [4.69, 9.17) is 4.52 Å². The van der Waals surface area contributed by atoms with E-state index in [9.17, 15) is 9.59 Å². The SMILES string of the molecule is Cc1noc(C)c1Cn1cc(N2C(=O)N=C3C=CC=CC3C2=O)cn1. The Morgan fingerprint density at radius 3 is 2.84 bits per heavy atom. The molecular formula is C17H15N5O3. The number of allylic oxidation sites excluding steroid dienone is 3. The molecule has 2 aromatic heterocycles. The lowest BCUT2D eigenvalue weighted by Crippen LogP contribution is -2.46. The molecule has 0 bridgehead atoms. The summed E-state index contributed by atoms with van der Waals surface area (Å²) in [4.78, 5) is 30.0. The molecule has 126 valence electrons. The Balaban J connectivity index is 1.63.